The number of carbonyl (C=O) groups is 1. The van der Waals surface area contributed by atoms with E-state index in [1.807, 2.05) is 4.90 Å². The first-order valence-electron chi connectivity index (χ1n) is 11.6. The molecule has 0 bridgehead atoms. The van der Waals surface area contributed by atoms with Gasteiger partial charge in [-0.3, -0.25) is 4.79 Å². The van der Waals surface area contributed by atoms with Gasteiger partial charge in [0.15, 0.2) is 0 Å². The van der Waals surface area contributed by atoms with Crippen LogP contribution < -0.4 is 10.1 Å². The fraction of sp³-hybridized carbons (Fsp3) is 0.708. The van der Waals surface area contributed by atoms with Gasteiger partial charge in [0.25, 0.3) is 0 Å². The molecule has 0 radical (unpaired) electrons. The van der Waals surface area contributed by atoms with Crippen LogP contribution in [0.2, 0.25) is 0 Å². The number of nitrogens with zero attached hydrogens (tertiary/aromatic N) is 2. The summed E-state index contributed by atoms with van der Waals surface area (Å²) >= 11 is 0. The van der Waals surface area contributed by atoms with Gasteiger partial charge < -0.3 is 19.9 Å². The fourth-order valence-corrected chi connectivity index (χ4v) is 4.63. The Kier molecular flexibility index (Phi) is 8.37. The summed E-state index contributed by atoms with van der Waals surface area (Å²) < 4.78 is 5.87. The van der Waals surface area contributed by atoms with Crippen molar-refractivity contribution in [2.24, 2.45) is 0 Å². The molecule has 1 unspecified atom stereocenters. The minimum Gasteiger partial charge on any atom is -0.491 e. The Hall–Kier alpha value is -1.59. The number of hydrogen-bond donors (Lipinski definition) is 1. The molecule has 2 aliphatic rings. The van der Waals surface area contributed by atoms with Crippen LogP contribution in [0.5, 0.6) is 5.75 Å². The molecule has 0 aromatic heterocycles. The normalized spacial score (nSPS) is 19.7. The minimum absolute atomic E-state index is 0.223. The molecular formula is C24H39N3O2. The van der Waals surface area contributed by atoms with Gasteiger partial charge in [-0.15, -0.1) is 0 Å². The maximum absolute atomic E-state index is 11.9. The monoisotopic (exact) mass is 401 g/mol. The van der Waals surface area contributed by atoms with E-state index in [-0.39, 0.29) is 12.0 Å². The summed E-state index contributed by atoms with van der Waals surface area (Å²) in [5.74, 6) is 1.26. The highest BCUT2D eigenvalue weighted by molar-refractivity contribution is 5.78. The van der Waals surface area contributed by atoms with Crippen LogP contribution in [0.25, 0.3) is 0 Å². The number of hydrogen-bond acceptors (Lipinski definition) is 4. The fourth-order valence-electron chi connectivity index (χ4n) is 4.63. The highest BCUT2D eigenvalue weighted by Crippen LogP contribution is 2.28. The summed E-state index contributed by atoms with van der Waals surface area (Å²) in [5, 5.41) is 3.15. The van der Waals surface area contributed by atoms with Crippen LogP contribution in [0, 0.1) is 0 Å². The average molecular weight is 402 g/mol. The van der Waals surface area contributed by atoms with Gasteiger partial charge in [0, 0.05) is 25.7 Å². The van der Waals surface area contributed by atoms with Crippen LogP contribution in [-0.4, -0.2) is 67.1 Å². The molecule has 5 heteroatoms. The third-order valence-corrected chi connectivity index (χ3v) is 6.09. The van der Waals surface area contributed by atoms with Crippen molar-refractivity contribution in [3.05, 3.63) is 29.3 Å². The molecule has 1 N–H and O–H groups in total. The first-order chi connectivity index (χ1) is 14.1. The van der Waals surface area contributed by atoms with E-state index in [9.17, 15) is 4.79 Å². The van der Waals surface area contributed by atoms with E-state index in [0.29, 0.717) is 12.6 Å². The van der Waals surface area contributed by atoms with Gasteiger partial charge in [0.1, 0.15) is 5.75 Å². The maximum atomic E-state index is 11.9. The number of fused-ring (bicyclic) bond motifs is 1. The summed E-state index contributed by atoms with van der Waals surface area (Å²) in [7, 11) is 0. The van der Waals surface area contributed by atoms with Crippen molar-refractivity contribution in [3.8, 4) is 5.75 Å². The van der Waals surface area contributed by atoms with Gasteiger partial charge in [-0.05, 0) is 88.7 Å². The lowest BCUT2D eigenvalue weighted by Gasteiger charge is -2.35. The lowest BCUT2D eigenvalue weighted by molar-refractivity contribution is -0.131. The van der Waals surface area contributed by atoms with Crippen LogP contribution >= 0.6 is 0 Å². The molecule has 1 atom stereocenters. The quantitative estimate of drug-likeness (QED) is 0.611. The van der Waals surface area contributed by atoms with Crippen molar-refractivity contribution in [3.63, 3.8) is 0 Å². The topological polar surface area (TPSA) is 44.8 Å². The number of piperazine rings is 1. The molecule has 1 aliphatic heterocycles. The Morgan fingerprint density at radius 3 is 2.86 bits per heavy atom. The molecule has 1 amide bonds. The number of amides is 1. The van der Waals surface area contributed by atoms with E-state index in [1.165, 1.54) is 36.9 Å². The number of unbranched alkanes of at least 4 members (excludes halogenated alkanes) is 1. The van der Waals surface area contributed by atoms with E-state index < -0.39 is 0 Å². The molecule has 3 rings (SSSR count). The van der Waals surface area contributed by atoms with Crippen LogP contribution in [-0.2, 0) is 17.6 Å². The zero-order valence-corrected chi connectivity index (χ0v) is 18.6. The number of ether oxygens (including phenoxy) is 1. The Balaban J connectivity index is 1.49. The van der Waals surface area contributed by atoms with Crippen molar-refractivity contribution in [1.82, 2.24) is 15.1 Å². The summed E-state index contributed by atoms with van der Waals surface area (Å²) in [6.07, 6.45) is 7.21. The molecule has 162 valence electrons. The first kappa shape index (κ1) is 22.1. The van der Waals surface area contributed by atoms with E-state index in [4.69, 9.17) is 4.74 Å². The van der Waals surface area contributed by atoms with E-state index in [0.717, 1.165) is 51.2 Å². The number of aryl methyl sites for hydroxylation is 1. The van der Waals surface area contributed by atoms with Gasteiger partial charge in [-0.25, -0.2) is 0 Å². The van der Waals surface area contributed by atoms with Crippen molar-refractivity contribution >= 4 is 5.91 Å². The van der Waals surface area contributed by atoms with Crippen LogP contribution in [0.1, 0.15) is 57.6 Å². The first-order valence-corrected chi connectivity index (χ1v) is 11.6. The third kappa shape index (κ3) is 6.45. The maximum Gasteiger partial charge on any atom is 0.236 e. The molecule has 1 aromatic rings. The standard InChI is InChI=1S/C24H39N3O2/c1-4-12-26(13-5-6-14-27-15-11-25-18-24(27)28)22-9-7-21-17-23(29-19(2)3)10-8-20(21)16-22/h8,10,17,19,22,25H,4-7,9,11-16,18H2,1-3H3. The molecule has 1 aromatic carbocycles. The molecule has 1 fully saturated rings. The minimum atomic E-state index is 0.223. The van der Waals surface area contributed by atoms with Crippen molar-refractivity contribution in [2.45, 2.75) is 71.4 Å². The van der Waals surface area contributed by atoms with E-state index >= 15 is 0 Å². The lowest BCUT2D eigenvalue weighted by atomic mass is 9.87. The van der Waals surface area contributed by atoms with Gasteiger partial charge in [0.2, 0.25) is 5.91 Å². The third-order valence-electron chi connectivity index (χ3n) is 6.09. The zero-order chi connectivity index (χ0) is 20.6. The SMILES string of the molecule is CCCN(CCCCN1CCNCC1=O)C1CCc2cc(OC(C)C)ccc2C1. The predicted molar refractivity (Wildman–Crippen MR) is 119 cm³/mol. The largest absolute Gasteiger partial charge is 0.491 e. The summed E-state index contributed by atoms with van der Waals surface area (Å²) in [5.41, 5.74) is 2.96. The predicted octanol–water partition coefficient (Wildman–Crippen LogP) is 3.26. The average Bonchev–Trinajstić information content (AvgIpc) is 2.70. The number of carbonyl (C=O) groups excluding carboxylic acids is 1. The van der Waals surface area contributed by atoms with Gasteiger partial charge in [0.05, 0.1) is 12.6 Å². The van der Waals surface area contributed by atoms with Crippen molar-refractivity contribution < 1.29 is 9.53 Å². The van der Waals surface area contributed by atoms with E-state index in [1.54, 1.807) is 0 Å². The zero-order valence-electron chi connectivity index (χ0n) is 18.6. The summed E-state index contributed by atoms with van der Waals surface area (Å²) in [4.78, 5) is 16.6. The van der Waals surface area contributed by atoms with Crippen molar-refractivity contribution in [2.75, 3.05) is 39.3 Å². The lowest BCUT2D eigenvalue weighted by Crippen LogP contribution is -2.48. The molecular weight excluding hydrogens is 362 g/mol. The molecule has 5 nitrogen and oxygen atoms in total. The molecule has 1 saturated heterocycles. The van der Waals surface area contributed by atoms with Crippen molar-refractivity contribution in [1.29, 1.82) is 0 Å². The second-order valence-electron chi connectivity index (χ2n) is 8.79. The smallest absolute Gasteiger partial charge is 0.236 e. The van der Waals surface area contributed by atoms with E-state index in [2.05, 4.69) is 49.2 Å². The number of benzene rings is 1. The molecule has 1 aliphatic carbocycles. The molecule has 0 saturated carbocycles. The van der Waals surface area contributed by atoms with Gasteiger partial charge >= 0.3 is 0 Å². The molecule has 0 spiro atoms. The Morgan fingerprint density at radius 1 is 1.24 bits per heavy atom. The summed E-state index contributed by atoms with van der Waals surface area (Å²) in [6, 6.07) is 7.30. The molecule has 1 heterocycles. The number of nitrogens with one attached hydrogen (secondary N) is 1. The second kappa shape index (κ2) is 11.0. The van der Waals surface area contributed by atoms with Crippen LogP contribution in [0.15, 0.2) is 18.2 Å². The highest BCUT2D eigenvalue weighted by atomic mass is 16.5. The summed E-state index contributed by atoms with van der Waals surface area (Å²) in [6.45, 7) is 12.0. The van der Waals surface area contributed by atoms with Gasteiger partial charge in [-0.1, -0.05) is 13.0 Å². The molecule has 29 heavy (non-hydrogen) atoms. The van der Waals surface area contributed by atoms with Crippen LogP contribution in [0.4, 0.5) is 0 Å². The second-order valence-corrected chi connectivity index (χ2v) is 8.79. The Bertz CT molecular complexity index is 662. The van der Waals surface area contributed by atoms with Gasteiger partial charge in [-0.2, -0.15) is 0 Å². The highest BCUT2D eigenvalue weighted by Gasteiger charge is 2.24. The number of rotatable bonds is 10. The Morgan fingerprint density at radius 2 is 2.10 bits per heavy atom. The van der Waals surface area contributed by atoms with Crippen LogP contribution in [0.3, 0.4) is 0 Å². The Labute approximate surface area is 176 Å².